The molecular weight excluding hydrogens is 266 g/mol. The van der Waals surface area contributed by atoms with Crippen LogP contribution < -0.4 is 5.32 Å². The van der Waals surface area contributed by atoms with Gasteiger partial charge in [0, 0.05) is 5.56 Å². The summed E-state index contributed by atoms with van der Waals surface area (Å²) in [4.78, 5) is 12.1. The summed E-state index contributed by atoms with van der Waals surface area (Å²) in [5.74, 6) is -0.142. The van der Waals surface area contributed by atoms with Crippen LogP contribution in [-0.2, 0) is 0 Å². The van der Waals surface area contributed by atoms with Crippen molar-refractivity contribution in [1.82, 2.24) is 10.2 Å². The van der Waals surface area contributed by atoms with E-state index in [1.54, 1.807) is 0 Å². The van der Waals surface area contributed by atoms with Gasteiger partial charge in [-0.05, 0) is 31.7 Å². The molecule has 0 spiro atoms. The van der Waals surface area contributed by atoms with E-state index in [9.17, 15) is 4.79 Å². The van der Waals surface area contributed by atoms with E-state index in [1.165, 1.54) is 23.1 Å². The zero-order chi connectivity index (χ0) is 13.1. The second-order valence-electron chi connectivity index (χ2n) is 3.85. The molecule has 1 heterocycles. The predicted octanol–water partition coefficient (Wildman–Crippen LogP) is 3.13. The lowest BCUT2D eigenvalue weighted by Crippen LogP contribution is -2.13. The van der Waals surface area contributed by atoms with E-state index in [4.69, 9.17) is 0 Å². The molecule has 94 valence electrons. The second kappa shape index (κ2) is 5.49. The SMILES string of the molecule is CSc1nnc(NC(=O)c2ccc(C)cc2C)s1. The lowest BCUT2D eigenvalue weighted by atomic mass is 10.1. The Hall–Kier alpha value is -1.40. The molecule has 0 radical (unpaired) electrons. The van der Waals surface area contributed by atoms with Crippen LogP contribution in [-0.4, -0.2) is 22.4 Å². The van der Waals surface area contributed by atoms with Crippen LogP contribution in [0, 0.1) is 13.8 Å². The standard InChI is InChI=1S/C12H13N3OS2/c1-7-4-5-9(8(2)6-7)10(16)13-11-14-15-12(17-3)18-11/h4-6H,1-3H3,(H,13,14,16). The first-order chi connectivity index (χ1) is 8.60. The number of anilines is 1. The van der Waals surface area contributed by atoms with E-state index in [1.807, 2.05) is 38.3 Å². The number of carbonyl (C=O) groups excluding carboxylic acids is 1. The average Bonchev–Trinajstić information content (AvgIpc) is 2.76. The fourth-order valence-electron chi connectivity index (χ4n) is 1.58. The maximum Gasteiger partial charge on any atom is 0.257 e. The molecule has 0 aliphatic heterocycles. The first-order valence-corrected chi connectivity index (χ1v) is 7.40. The number of amides is 1. The third-order valence-corrected chi connectivity index (χ3v) is 4.24. The summed E-state index contributed by atoms with van der Waals surface area (Å²) in [7, 11) is 0. The fraction of sp³-hybridized carbons (Fsp3) is 0.250. The van der Waals surface area contributed by atoms with Gasteiger partial charge in [-0.1, -0.05) is 40.8 Å². The Morgan fingerprint density at radius 3 is 2.72 bits per heavy atom. The van der Waals surface area contributed by atoms with Gasteiger partial charge in [-0.2, -0.15) is 0 Å². The molecular formula is C12H13N3OS2. The minimum Gasteiger partial charge on any atom is -0.296 e. The molecule has 4 nitrogen and oxygen atoms in total. The van der Waals surface area contributed by atoms with Gasteiger partial charge in [-0.3, -0.25) is 10.1 Å². The van der Waals surface area contributed by atoms with Crippen LogP contribution in [0.4, 0.5) is 5.13 Å². The van der Waals surface area contributed by atoms with Gasteiger partial charge in [0.25, 0.3) is 5.91 Å². The highest BCUT2D eigenvalue weighted by atomic mass is 32.2. The normalized spacial score (nSPS) is 10.4. The van der Waals surface area contributed by atoms with Crippen LogP contribution in [0.1, 0.15) is 21.5 Å². The van der Waals surface area contributed by atoms with Crippen molar-refractivity contribution in [2.75, 3.05) is 11.6 Å². The first kappa shape index (κ1) is 13.0. The second-order valence-corrected chi connectivity index (χ2v) is 5.88. The van der Waals surface area contributed by atoms with Crippen molar-refractivity contribution in [1.29, 1.82) is 0 Å². The minimum atomic E-state index is -0.142. The van der Waals surface area contributed by atoms with E-state index in [0.717, 1.165) is 15.5 Å². The predicted molar refractivity (Wildman–Crippen MR) is 75.6 cm³/mol. The van der Waals surface area contributed by atoms with Crippen LogP contribution in [0.15, 0.2) is 22.5 Å². The molecule has 1 amide bonds. The molecule has 2 aromatic rings. The maximum absolute atomic E-state index is 12.1. The molecule has 0 bridgehead atoms. The molecule has 0 atom stereocenters. The van der Waals surface area contributed by atoms with Gasteiger partial charge in [0.15, 0.2) is 4.34 Å². The molecule has 0 aliphatic rings. The molecule has 6 heteroatoms. The van der Waals surface area contributed by atoms with Gasteiger partial charge in [0.1, 0.15) is 0 Å². The van der Waals surface area contributed by atoms with E-state index in [2.05, 4.69) is 15.5 Å². The smallest absolute Gasteiger partial charge is 0.257 e. The Kier molecular flexibility index (Phi) is 3.98. The quantitative estimate of drug-likeness (QED) is 0.693. The maximum atomic E-state index is 12.1. The summed E-state index contributed by atoms with van der Waals surface area (Å²) in [6, 6.07) is 5.74. The number of nitrogens with one attached hydrogen (secondary N) is 1. The zero-order valence-electron chi connectivity index (χ0n) is 10.4. The third kappa shape index (κ3) is 2.88. The highest BCUT2D eigenvalue weighted by molar-refractivity contribution is 8.00. The summed E-state index contributed by atoms with van der Waals surface area (Å²) in [5.41, 5.74) is 2.77. The topological polar surface area (TPSA) is 54.9 Å². The number of aromatic nitrogens is 2. The van der Waals surface area contributed by atoms with Crippen molar-refractivity contribution in [3.8, 4) is 0 Å². The number of benzene rings is 1. The summed E-state index contributed by atoms with van der Waals surface area (Å²) in [6.07, 6.45) is 1.93. The van der Waals surface area contributed by atoms with Crippen LogP contribution in [0.25, 0.3) is 0 Å². The van der Waals surface area contributed by atoms with Gasteiger partial charge < -0.3 is 0 Å². The Bertz CT molecular complexity index is 580. The number of aryl methyl sites for hydroxylation is 2. The number of thioether (sulfide) groups is 1. The lowest BCUT2D eigenvalue weighted by molar-refractivity contribution is 0.102. The Morgan fingerprint density at radius 1 is 1.33 bits per heavy atom. The van der Waals surface area contributed by atoms with Crippen molar-refractivity contribution < 1.29 is 4.79 Å². The Morgan fingerprint density at radius 2 is 2.11 bits per heavy atom. The van der Waals surface area contributed by atoms with Crippen molar-refractivity contribution in [2.45, 2.75) is 18.2 Å². The zero-order valence-corrected chi connectivity index (χ0v) is 12.0. The van der Waals surface area contributed by atoms with Crippen molar-refractivity contribution in [3.05, 3.63) is 34.9 Å². The minimum absolute atomic E-state index is 0.142. The monoisotopic (exact) mass is 279 g/mol. The number of hydrogen-bond acceptors (Lipinski definition) is 5. The molecule has 0 saturated carbocycles. The summed E-state index contributed by atoms with van der Waals surface area (Å²) < 4.78 is 0.839. The largest absolute Gasteiger partial charge is 0.296 e. The molecule has 0 saturated heterocycles. The summed E-state index contributed by atoms with van der Waals surface area (Å²) >= 11 is 2.88. The van der Waals surface area contributed by atoms with E-state index < -0.39 is 0 Å². The van der Waals surface area contributed by atoms with E-state index in [-0.39, 0.29) is 5.91 Å². The molecule has 1 aromatic heterocycles. The van der Waals surface area contributed by atoms with Crippen molar-refractivity contribution in [2.24, 2.45) is 0 Å². The molecule has 0 fully saturated rings. The summed E-state index contributed by atoms with van der Waals surface area (Å²) in [5, 5.41) is 11.1. The van der Waals surface area contributed by atoms with Crippen LogP contribution in [0.2, 0.25) is 0 Å². The van der Waals surface area contributed by atoms with Crippen LogP contribution in [0.3, 0.4) is 0 Å². The van der Waals surface area contributed by atoms with Gasteiger partial charge in [-0.15, -0.1) is 10.2 Å². The molecule has 1 aromatic carbocycles. The number of nitrogens with zero attached hydrogens (tertiary/aromatic N) is 2. The number of hydrogen-bond donors (Lipinski definition) is 1. The van der Waals surface area contributed by atoms with Crippen molar-refractivity contribution >= 4 is 34.1 Å². The highest BCUT2D eigenvalue weighted by Gasteiger charge is 2.11. The van der Waals surface area contributed by atoms with Gasteiger partial charge in [-0.25, -0.2) is 0 Å². The molecule has 1 N–H and O–H groups in total. The Balaban J connectivity index is 2.16. The molecule has 2 rings (SSSR count). The Labute approximate surface area is 114 Å². The first-order valence-electron chi connectivity index (χ1n) is 5.36. The molecule has 0 aliphatic carbocycles. The number of rotatable bonds is 3. The van der Waals surface area contributed by atoms with Crippen LogP contribution in [0.5, 0.6) is 0 Å². The summed E-state index contributed by atoms with van der Waals surface area (Å²) in [6.45, 7) is 3.93. The van der Waals surface area contributed by atoms with Crippen molar-refractivity contribution in [3.63, 3.8) is 0 Å². The van der Waals surface area contributed by atoms with E-state index in [0.29, 0.717) is 10.7 Å². The van der Waals surface area contributed by atoms with Gasteiger partial charge in [0.2, 0.25) is 5.13 Å². The lowest BCUT2D eigenvalue weighted by Gasteiger charge is -2.05. The third-order valence-electron chi connectivity index (χ3n) is 2.43. The number of carbonyl (C=O) groups is 1. The molecule has 0 unspecified atom stereocenters. The fourth-order valence-corrected chi connectivity index (χ4v) is 2.74. The average molecular weight is 279 g/mol. The molecule has 18 heavy (non-hydrogen) atoms. The highest BCUT2D eigenvalue weighted by Crippen LogP contribution is 2.23. The van der Waals surface area contributed by atoms with Gasteiger partial charge in [0.05, 0.1) is 0 Å². The van der Waals surface area contributed by atoms with Crippen LogP contribution >= 0.6 is 23.1 Å². The van der Waals surface area contributed by atoms with E-state index >= 15 is 0 Å². The van der Waals surface area contributed by atoms with Gasteiger partial charge >= 0.3 is 0 Å².